The van der Waals surface area contributed by atoms with Crippen LogP contribution in [0.1, 0.15) is 40.2 Å². The maximum absolute atomic E-state index is 5.84. The van der Waals surface area contributed by atoms with Crippen molar-refractivity contribution in [1.82, 2.24) is 9.97 Å². The Morgan fingerprint density at radius 2 is 1.90 bits per heavy atom. The number of morpholine rings is 1. The lowest BCUT2D eigenvalue weighted by molar-refractivity contribution is 0.122. The molecule has 0 saturated carbocycles. The zero-order valence-electron chi connectivity index (χ0n) is 17.2. The second-order valence-electron chi connectivity index (χ2n) is 6.49. The Hall–Kier alpha value is -2.18. The predicted molar refractivity (Wildman–Crippen MR) is 124 cm³/mol. The molecule has 5 nitrogen and oxygen atoms in total. The van der Waals surface area contributed by atoms with E-state index in [0.29, 0.717) is 6.61 Å². The third-order valence-corrected chi connectivity index (χ3v) is 5.28. The first kappa shape index (κ1) is 23.1. The van der Waals surface area contributed by atoms with Crippen molar-refractivity contribution in [3.8, 4) is 17.1 Å². The van der Waals surface area contributed by atoms with E-state index in [2.05, 4.69) is 42.3 Å². The molecular weight excluding hydrogens is 382 g/mol. The zero-order valence-corrected chi connectivity index (χ0v) is 18.0. The molecule has 1 aliphatic heterocycles. The minimum absolute atomic E-state index is 0. The van der Waals surface area contributed by atoms with E-state index in [0.717, 1.165) is 71.5 Å². The molecule has 0 atom stereocenters. The van der Waals surface area contributed by atoms with E-state index in [1.54, 1.807) is 11.3 Å². The molecule has 1 aromatic carbocycles. The highest BCUT2D eigenvalue weighted by Gasteiger charge is 2.19. The first-order valence-electron chi connectivity index (χ1n) is 10.1. The molecule has 3 heterocycles. The summed E-state index contributed by atoms with van der Waals surface area (Å²) in [7, 11) is 0. The molecule has 0 bridgehead atoms. The quantitative estimate of drug-likeness (QED) is 0.515. The topological polar surface area (TPSA) is 47.5 Å². The van der Waals surface area contributed by atoms with E-state index in [4.69, 9.17) is 19.4 Å². The van der Waals surface area contributed by atoms with Crippen LogP contribution in [-0.4, -0.2) is 42.9 Å². The maximum atomic E-state index is 5.84. The lowest BCUT2D eigenvalue weighted by Crippen LogP contribution is -2.36. The van der Waals surface area contributed by atoms with Gasteiger partial charge in [-0.3, -0.25) is 0 Å². The van der Waals surface area contributed by atoms with Gasteiger partial charge in [0.2, 0.25) is 0 Å². The number of hydrogen-bond donors (Lipinski definition) is 0. The summed E-state index contributed by atoms with van der Waals surface area (Å²) in [6, 6.07) is 8.29. The summed E-state index contributed by atoms with van der Waals surface area (Å²) in [5.74, 6) is 2.65. The Bertz CT molecular complexity index is 904. The summed E-state index contributed by atoms with van der Waals surface area (Å²) in [4.78, 5) is 12.1. The average Bonchev–Trinajstić information content (AvgIpc) is 3.22. The fourth-order valence-corrected chi connectivity index (χ4v) is 3.99. The van der Waals surface area contributed by atoms with E-state index < -0.39 is 0 Å². The second-order valence-corrected chi connectivity index (χ2v) is 7.40. The number of aryl methyl sites for hydroxylation is 1. The van der Waals surface area contributed by atoms with Gasteiger partial charge >= 0.3 is 0 Å². The molecule has 0 radical (unpaired) electrons. The Balaban J connectivity index is 0.000000970. The molecule has 1 fully saturated rings. The highest BCUT2D eigenvalue weighted by Crippen LogP contribution is 2.33. The maximum Gasteiger partial charge on any atom is 0.162 e. The number of nitrogens with zero attached hydrogens (tertiary/aromatic N) is 3. The van der Waals surface area contributed by atoms with Crippen molar-refractivity contribution in [2.45, 2.75) is 41.5 Å². The van der Waals surface area contributed by atoms with Gasteiger partial charge in [-0.2, -0.15) is 0 Å². The van der Waals surface area contributed by atoms with Crippen molar-refractivity contribution in [2.24, 2.45) is 0 Å². The molecule has 1 aliphatic rings. The first-order chi connectivity index (χ1) is 13.7. The van der Waals surface area contributed by atoms with E-state index in [-0.39, 0.29) is 7.43 Å². The summed E-state index contributed by atoms with van der Waals surface area (Å²) < 4.78 is 12.5. The van der Waals surface area contributed by atoms with Crippen LogP contribution < -0.4 is 9.64 Å². The number of rotatable bonds is 5. The monoisotopic (exact) mass is 415 g/mol. The summed E-state index contributed by atoms with van der Waals surface area (Å²) in [6.07, 6.45) is 0.988. The van der Waals surface area contributed by atoms with Crippen LogP contribution in [0.3, 0.4) is 0 Å². The summed E-state index contributed by atoms with van der Waals surface area (Å²) in [6.45, 7) is 12.1. The highest BCUT2D eigenvalue weighted by molar-refractivity contribution is 7.17. The van der Waals surface area contributed by atoms with Crippen LogP contribution >= 0.6 is 11.3 Å². The number of aromatic nitrogens is 2. The third-order valence-electron chi connectivity index (χ3n) is 4.38. The van der Waals surface area contributed by atoms with E-state index >= 15 is 0 Å². The van der Waals surface area contributed by atoms with Crippen LogP contribution in [0.25, 0.3) is 21.6 Å². The van der Waals surface area contributed by atoms with Crippen molar-refractivity contribution in [1.29, 1.82) is 0 Å². The third kappa shape index (κ3) is 5.46. The van der Waals surface area contributed by atoms with Crippen LogP contribution in [0.2, 0.25) is 0 Å². The van der Waals surface area contributed by atoms with Gasteiger partial charge in [-0.15, -0.1) is 11.3 Å². The van der Waals surface area contributed by atoms with Gasteiger partial charge in [-0.25, -0.2) is 9.97 Å². The summed E-state index contributed by atoms with van der Waals surface area (Å²) in [5.41, 5.74) is 3.15. The molecule has 158 valence electrons. The van der Waals surface area contributed by atoms with Crippen LogP contribution in [-0.2, 0) is 4.74 Å². The van der Waals surface area contributed by atoms with Crippen LogP contribution in [0.15, 0.2) is 29.6 Å². The van der Waals surface area contributed by atoms with E-state index in [1.165, 1.54) is 0 Å². The van der Waals surface area contributed by atoms with Gasteiger partial charge in [0, 0.05) is 18.7 Å². The lowest BCUT2D eigenvalue weighted by Gasteiger charge is -2.28. The summed E-state index contributed by atoms with van der Waals surface area (Å²) in [5, 5.41) is 2.08. The molecule has 0 N–H and O–H groups in total. The molecule has 2 aromatic heterocycles. The largest absolute Gasteiger partial charge is 0.494 e. The van der Waals surface area contributed by atoms with Crippen molar-refractivity contribution < 1.29 is 9.47 Å². The average molecular weight is 416 g/mol. The van der Waals surface area contributed by atoms with Crippen molar-refractivity contribution in [3.05, 3.63) is 35.2 Å². The van der Waals surface area contributed by atoms with Gasteiger partial charge in [0.05, 0.1) is 30.0 Å². The van der Waals surface area contributed by atoms with Crippen molar-refractivity contribution in [3.63, 3.8) is 0 Å². The molecule has 0 amide bonds. The minimum atomic E-state index is 0. The SMILES string of the molecule is C.CC.CCCOc1cc(C)cc(-c2nc(N3CCOCC3)c3sccc3n2)c1. The predicted octanol–water partition coefficient (Wildman–Crippen LogP) is 5.95. The Morgan fingerprint density at radius 3 is 2.62 bits per heavy atom. The molecule has 0 unspecified atom stereocenters. The molecule has 1 saturated heterocycles. The molecular formula is C23H33N3O2S. The molecule has 0 aliphatic carbocycles. The van der Waals surface area contributed by atoms with Crippen molar-refractivity contribution in [2.75, 3.05) is 37.8 Å². The number of ether oxygens (including phenoxy) is 2. The molecule has 6 heteroatoms. The van der Waals surface area contributed by atoms with Gasteiger partial charge in [0.1, 0.15) is 5.75 Å². The molecule has 3 aromatic rings. The number of benzene rings is 1. The van der Waals surface area contributed by atoms with Crippen LogP contribution in [0, 0.1) is 6.92 Å². The fourth-order valence-electron chi connectivity index (χ4n) is 3.15. The van der Waals surface area contributed by atoms with Crippen LogP contribution in [0.4, 0.5) is 5.82 Å². The second kappa shape index (κ2) is 11.1. The van der Waals surface area contributed by atoms with Gasteiger partial charge in [-0.05, 0) is 48.6 Å². The number of anilines is 1. The normalized spacial score (nSPS) is 13.4. The number of fused-ring (bicyclic) bond motifs is 1. The van der Waals surface area contributed by atoms with Crippen molar-refractivity contribution >= 4 is 27.4 Å². The van der Waals surface area contributed by atoms with Gasteiger partial charge in [0.15, 0.2) is 11.6 Å². The minimum Gasteiger partial charge on any atom is -0.494 e. The lowest BCUT2D eigenvalue weighted by atomic mass is 10.1. The standard InChI is InChI=1S/C20H23N3O2S.C2H6.CH4/c1-3-7-25-16-12-14(2)11-15(13-16)19-21-17-4-10-26-18(17)20(22-19)23-5-8-24-9-6-23;1-2;/h4,10-13H,3,5-9H2,1-2H3;1-2H3;1H4. The fraction of sp³-hybridized carbons (Fsp3) is 0.478. The number of hydrogen-bond acceptors (Lipinski definition) is 6. The highest BCUT2D eigenvalue weighted by atomic mass is 32.1. The first-order valence-corrected chi connectivity index (χ1v) is 11.0. The Morgan fingerprint density at radius 1 is 1.14 bits per heavy atom. The Kier molecular flexibility index (Phi) is 8.86. The molecule has 4 rings (SSSR count). The molecule has 29 heavy (non-hydrogen) atoms. The van der Waals surface area contributed by atoms with Crippen LogP contribution in [0.5, 0.6) is 5.75 Å². The van der Waals surface area contributed by atoms with E-state index in [1.807, 2.05) is 19.9 Å². The Labute approximate surface area is 178 Å². The number of thiophene rings is 1. The molecule has 0 spiro atoms. The zero-order chi connectivity index (χ0) is 19.9. The van der Waals surface area contributed by atoms with Gasteiger partial charge in [-0.1, -0.05) is 28.2 Å². The van der Waals surface area contributed by atoms with Gasteiger partial charge in [0.25, 0.3) is 0 Å². The van der Waals surface area contributed by atoms with E-state index in [9.17, 15) is 0 Å². The smallest absolute Gasteiger partial charge is 0.162 e. The van der Waals surface area contributed by atoms with Gasteiger partial charge < -0.3 is 14.4 Å². The summed E-state index contributed by atoms with van der Waals surface area (Å²) >= 11 is 1.70.